The maximum Gasteiger partial charge on any atom is 0.336 e. The summed E-state index contributed by atoms with van der Waals surface area (Å²) >= 11 is 0. The van der Waals surface area contributed by atoms with E-state index in [1.54, 1.807) is 0 Å². The van der Waals surface area contributed by atoms with E-state index in [9.17, 15) is 9.90 Å². The molecule has 0 amide bonds. The Kier molecular flexibility index (Phi) is 3.27. The number of carboxylic acids is 1. The molecule has 1 aliphatic carbocycles. The van der Waals surface area contributed by atoms with Crippen LogP contribution >= 0.6 is 0 Å². The van der Waals surface area contributed by atoms with Crippen LogP contribution in [-0.2, 0) is 9.53 Å². The summed E-state index contributed by atoms with van der Waals surface area (Å²) in [5.41, 5.74) is -1.49. The molecule has 0 aromatic heterocycles. The van der Waals surface area contributed by atoms with Gasteiger partial charge in [0.2, 0.25) is 0 Å². The average molecular weight is 188 g/mol. The molecule has 2 unspecified atom stereocenters. The van der Waals surface area contributed by atoms with Gasteiger partial charge in [-0.05, 0) is 12.8 Å². The number of carboxylic acid groups (broad SMARTS) is 1. The first-order valence-electron chi connectivity index (χ1n) is 4.64. The zero-order valence-electron chi connectivity index (χ0n) is 7.82. The molecule has 76 valence electrons. The van der Waals surface area contributed by atoms with Crippen LogP contribution in [0.15, 0.2) is 0 Å². The number of unbranched alkanes of at least 4 members (excludes halogenated alkanes) is 1. The van der Waals surface area contributed by atoms with Gasteiger partial charge in [-0.2, -0.15) is 0 Å². The fraction of sp³-hybridized carbons (Fsp3) is 0.889. The molecule has 0 aromatic rings. The van der Waals surface area contributed by atoms with Gasteiger partial charge in [-0.25, -0.2) is 4.79 Å². The van der Waals surface area contributed by atoms with E-state index in [1.165, 1.54) is 0 Å². The van der Waals surface area contributed by atoms with Crippen molar-refractivity contribution in [2.75, 3.05) is 13.2 Å². The topological polar surface area (TPSA) is 66.8 Å². The fourth-order valence-corrected chi connectivity index (χ4v) is 1.25. The van der Waals surface area contributed by atoms with Crippen LogP contribution in [0.5, 0.6) is 0 Å². The van der Waals surface area contributed by atoms with Gasteiger partial charge in [0.25, 0.3) is 0 Å². The molecule has 1 rings (SSSR count). The predicted octanol–water partition coefficient (Wildman–Crippen LogP) is 0.639. The molecule has 1 fully saturated rings. The molecule has 2 N–H and O–H groups in total. The Morgan fingerprint density at radius 2 is 2.38 bits per heavy atom. The van der Waals surface area contributed by atoms with Crippen molar-refractivity contribution in [1.29, 1.82) is 0 Å². The van der Waals surface area contributed by atoms with Crippen LogP contribution in [-0.4, -0.2) is 35.0 Å². The minimum absolute atomic E-state index is 0.207. The Hall–Kier alpha value is -0.610. The molecule has 0 radical (unpaired) electrons. The number of rotatable bonds is 6. The largest absolute Gasteiger partial charge is 0.479 e. The van der Waals surface area contributed by atoms with E-state index >= 15 is 0 Å². The third-order valence-electron chi connectivity index (χ3n) is 2.40. The number of ether oxygens (including phenoxy) is 1. The number of aliphatic carboxylic acids is 1. The zero-order valence-corrected chi connectivity index (χ0v) is 7.82. The van der Waals surface area contributed by atoms with Crippen LogP contribution in [0.2, 0.25) is 0 Å². The van der Waals surface area contributed by atoms with Crippen molar-refractivity contribution in [3.8, 4) is 0 Å². The highest BCUT2D eigenvalue weighted by Crippen LogP contribution is 2.43. The number of carbonyl (C=O) groups is 1. The fourth-order valence-electron chi connectivity index (χ4n) is 1.25. The van der Waals surface area contributed by atoms with Crippen molar-refractivity contribution in [1.82, 2.24) is 0 Å². The third-order valence-corrected chi connectivity index (χ3v) is 2.40. The zero-order chi connectivity index (χ0) is 9.90. The quantitative estimate of drug-likeness (QED) is 0.600. The summed E-state index contributed by atoms with van der Waals surface area (Å²) in [4.78, 5) is 10.5. The summed E-state index contributed by atoms with van der Waals surface area (Å²) in [6, 6.07) is 0. The van der Waals surface area contributed by atoms with Crippen molar-refractivity contribution < 1.29 is 19.7 Å². The number of hydrogen-bond donors (Lipinski definition) is 2. The van der Waals surface area contributed by atoms with E-state index in [0.717, 1.165) is 12.8 Å². The average Bonchev–Trinajstić information content (AvgIpc) is 2.73. The molecule has 4 heteroatoms. The standard InChI is InChI=1S/C9H16O4/c1-2-3-4-13-6-7-5-9(7,12)8(10)11/h7,12H,2-6H2,1H3,(H,10,11). The Morgan fingerprint density at radius 1 is 1.69 bits per heavy atom. The molecule has 2 atom stereocenters. The molecular formula is C9H16O4. The smallest absolute Gasteiger partial charge is 0.336 e. The Bertz CT molecular complexity index is 192. The maximum atomic E-state index is 10.5. The highest BCUT2D eigenvalue weighted by molar-refractivity contribution is 5.81. The van der Waals surface area contributed by atoms with E-state index in [2.05, 4.69) is 6.92 Å². The van der Waals surface area contributed by atoms with Crippen LogP contribution < -0.4 is 0 Å². The van der Waals surface area contributed by atoms with E-state index < -0.39 is 11.6 Å². The van der Waals surface area contributed by atoms with Gasteiger partial charge in [0.15, 0.2) is 5.60 Å². The lowest BCUT2D eigenvalue weighted by Gasteiger charge is -2.04. The highest BCUT2D eigenvalue weighted by atomic mass is 16.5. The summed E-state index contributed by atoms with van der Waals surface area (Å²) in [7, 11) is 0. The Morgan fingerprint density at radius 3 is 2.85 bits per heavy atom. The maximum absolute atomic E-state index is 10.5. The molecule has 0 aromatic carbocycles. The van der Waals surface area contributed by atoms with Gasteiger partial charge in [-0.1, -0.05) is 13.3 Å². The van der Waals surface area contributed by atoms with Gasteiger partial charge in [0.05, 0.1) is 6.61 Å². The predicted molar refractivity (Wildman–Crippen MR) is 46.4 cm³/mol. The van der Waals surface area contributed by atoms with E-state index in [4.69, 9.17) is 9.84 Å². The van der Waals surface area contributed by atoms with Crippen molar-refractivity contribution in [2.45, 2.75) is 31.8 Å². The first-order valence-corrected chi connectivity index (χ1v) is 4.64. The molecule has 4 nitrogen and oxygen atoms in total. The van der Waals surface area contributed by atoms with Crippen molar-refractivity contribution in [3.05, 3.63) is 0 Å². The normalized spacial score (nSPS) is 31.7. The molecule has 13 heavy (non-hydrogen) atoms. The Labute approximate surface area is 77.5 Å². The minimum Gasteiger partial charge on any atom is -0.479 e. The van der Waals surface area contributed by atoms with Gasteiger partial charge in [0, 0.05) is 12.5 Å². The van der Waals surface area contributed by atoms with Gasteiger partial charge < -0.3 is 14.9 Å². The third kappa shape index (κ3) is 2.42. The highest BCUT2D eigenvalue weighted by Gasteiger charge is 2.59. The summed E-state index contributed by atoms with van der Waals surface area (Å²) in [5.74, 6) is -1.33. The lowest BCUT2D eigenvalue weighted by Crippen LogP contribution is -2.25. The molecule has 0 bridgehead atoms. The lowest BCUT2D eigenvalue weighted by atomic mass is 10.3. The van der Waals surface area contributed by atoms with Crippen LogP contribution in [0.25, 0.3) is 0 Å². The molecule has 0 aliphatic heterocycles. The molecule has 1 aliphatic rings. The van der Waals surface area contributed by atoms with Crippen LogP contribution in [0.1, 0.15) is 26.2 Å². The van der Waals surface area contributed by atoms with Crippen molar-refractivity contribution in [2.24, 2.45) is 5.92 Å². The molecule has 1 saturated carbocycles. The SMILES string of the molecule is CCCCOCC1CC1(O)C(=O)O. The Balaban J connectivity index is 2.10. The summed E-state index contributed by atoms with van der Waals surface area (Å²) < 4.78 is 5.22. The van der Waals surface area contributed by atoms with E-state index in [0.29, 0.717) is 19.6 Å². The van der Waals surface area contributed by atoms with Gasteiger partial charge in [-0.15, -0.1) is 0 Å². The summed E-state index contributed by atoms with van der Waals surface area (Å²) in [5, 5.41) is 17.9. The monoisotopic (exact) mass is 188 g/mol. The van der Waals surface area contributed by atoms with Crippen LogP contribution in [0, 0.1) is 5.92 Å². The van der Waals surface area contributed by atoms with Crippen LogP contribution in [0.3, 0.4) is 0 Å². The van der Waals surface area contributed by atoms with E-state index in [1.807, 2.05) is 0 Å². The first-order chi connectivity index (χ1) is 6.11. The van der Waals surface area contributed by atoms with Gasteiger partial charge in [0.1, 0.15) is 0 Å². The van der Waals surface area contributed by atoms with Crippen molar-refractivity contribution in [3.63, 3.8) is 0 Å². The van der Waals surface area contributed by atoms with Gasteiger partial charge >= 0.3 is 5.97 Å². The summed E-state index contributed by atoms with van der Waals surface area (Å²) in [6.07, 6.45) is 2.38. The van der Waals surface area contributed by atoms with Gasteiger partial charge in [-0.3, -0.25) is 0 Å². The lowest BCUT2D eigenvalue weighted by molar-refractivity contribution is -0.150. The second-order valence-electron chi connectivity index (χ2n) is 3.56. The van der Waals surface area contributed by atoms with Crippen LogP contribution in [0.4, 0.5) is 0 Å². The molecule has 0 spiro atoms. The number of hydrogen-bond acceptors (Lipinski definition) is 3. The van der Waals surface area contributed by atoms with E-state index in [-0.39, 0.29) is 5.92 Å². The summed E-state index contributed by atoms with van der Waals surface area (Å²) in [6.45, 7) is 3.08. The second kappa shape index (κ2) is 4.07. The molecular weight excluding hydrogens is 172 g/mol. The number of aliphatic hydroxyl groups is 1. The van der Waals surface area contributed by atoms with Crippen molar-refractivity contribution >= 4 is 5.97 Å². The molecule has 0 saturated heterocycles. The minimum atomic E-state index is -1.49. The first kappa shape index (κ1) is 10.5. The second-order valence-corrected chi connectivity index (χ2v) is 3.56. The molecule has 0 heterocycles.